The Bertz CT molecular complexity index is 1000. The molecular weight excluding hydrogens is 364 g/mol. The molecule has 6 nitrogen and oxygen atoms in total. The molecule has 3 aromatic rings. The van der Waals surface area contributed by atoms with Gasteiger partial charge < -0.3 is 9.15 Å². The summed E-state index contributed by atoms with van der Waals surface area (Å²) in [4.78, 5) is 25.4. The van der Waals surface area contributed by atoms with E-state index in [1.54, 1.807) is 12.1 Å². The monoisotopic (exact) mass is 384 g/mol. The second kappa shape index (κ2) is 7.44. The van der Waals surface area contributed by atoms with Crippen molar-refractivity contribution in [2.45, 2.75) is 32.6 Å². The van der Waals surface area contributed by atoms with Gasteiger partial charge in [-0.1, -0.05) is 0 Å². The lowest BCUT2D eigenvalue weighted by Gasteiger charge is -2.09. The summed E-state index contributed by atoms with van der Waals surface area (Å²) in [5, 5.41) is 1.06. The van der Waals surface area contributed by atoms with Gasteiger partial charge in [0.15, 0.2) is 6.61 Å². The number of hydrazine groups is 1. The normalized spacial score (nSPS) is 13.2. The summed E-state index contributed by atoms with van der Waals surface area (Å²) in [7, 11) is 0. The second-order valence-electron chi connectivity index (χ2n) is 6.57. The average molecular weight is 384 g/mol. The van der Waals surface area contributed by atoms with Gasteiger partial charge in [-0.15, -0.1) is 11.3 Å². The molecule has 0 atom stereocenters. The van der Waals surface area contributed by atoms with Gasteiger partial charge in [0.05, 0.1) is 4.88 Å². The summed E-state index contributed by atoms with van der Waals surface area (Å²) in [5.74, 6) is 0.906. The predicted octanol–water partition coefficient (Wildman–Crippen LogP) is 3.52. The van der Waals surface area contributed by atoms with Crippen LogP contribution in [-0.2, 0) is 17.6 Å². The topological polar surface area (TPSA) is 80.6 Å². The Labute approximate surface area is 160 Å². The molecule has 0 saturated carbocycles. The van der Waals surface area contributed by atoms with Crippen LogP contribution in [0.3, 0.4) is 0 Å². The van der Waals surface area contributed by atoms with E-state index in [1.165, 1.54) is 23.3 Å². The van der Waals surface area contributed by atoms with E-state index in [0.717, 1.165) is 40.9 Å². The van der Waals surface area contributed by atoms with Crippen LogP contribution >= 0.6 is 11.3 Å². The Kier molecular flexibility index (Phi) is 4.85. The lowest BCUT2D eigenvalue weighted by atomic mass is 9.96. The van der Waals surface area contributed by atoms with Crippen LogP contribution in [0.15, 0.2) is 34.7 Å². The van der Waals surface area contributed by atoms with E-state index in [1.807, 2.05) is 25.1 Å². The number of hydrogen-bond donors (Lipinski definition) is 2. The average Bonchev–Trinajstić information content (AvgIpc) is 3.27. The molecule has 4 rings (SSSR count). The van der Waals surface area contributed by atoms with Gasteiger partial charge in [-0.3, -0.25) is 20.4 Å². The van der Waals surface area contributed by atoms with Crippen molar-refractivity contribution in [2.24, 2.45) is 0 Å². The highest BCUT2D eigenvalue weighted by Crippen LogP contribution is 2.33. The van der Waals surface area contributed by atoms with Crippen molar-refractivity contribution >= 4 is 34.1 Å². The minimum Gasteiger partial charge on any atom is -0.484 e. The maximum Gasteiger partial charge on any atom is 0.279 e. The van der Waals surface area contributed by atoms with Crippen molar-refractivity contribution in [3.8, 4) is 5.75 Å². The molecule has 2 heterocycles. The third kappa shape index (κ3) is 3.83. The van der Waals surface area contributed by atoms with Gasteiger partial charge >= 0.3 is 0 Å². The number of carbonyl (C=O) groups excluding carboxylic acids is 2. The first-order chi connectivity index (χ1) is 13.1. The van der Waals surface area contributed by atoms with Crippen LogP contribution in [0.25, 0.3) is 11.0 Å². The number of aryl methyl sites for hydroxylation is 3. The number of hydrogen-bond acceptors (Lipinski definition) is 5. The highest BCUT2D eigenvalue weighted by molar-refractivity contribution is 7.13. The number of rotatable bonds is 4. The zero-order valence-corrected chi connectivity index (χ0v) is 15.8. The minimum absolute atomic E-state index is 0.185. The first-order valence-electron chi connectivity index (χ1n) is 8.93. The van der Waals surface area contributed by atoms with Gasteiger partial charge in [0, 0.05) is 22.2 Å². The number of benzene rings is 1. The molecular formula is C20H20N2O4S. The van der Waals surface area contributed by atoms with Gasteiger partial charge in [-0.25, -0.2) is 0 Å². The molecule has 2 N–H and O–H groups in total. The number of carbonyl (C=O) groups is 2. The number of ether oxygens (including phenoxy) is 1. The van der Waals surface area contributed by atoms with Crippen molar-refractivity contribution in [3.63, 3.8) is 0 Å². The van der Waals surface area contributed by atoms with Crippen LogP contribution in [0.1, 0.15) is 38.7 Å². The summed E-state index contributed by atoms with van der Waals surface area (Å²) >= 11 is 1.37. The number of thiophene rings is 1. The number of fused-ring (bicyclic) bond motifs is 3. The Morgan fingerprint density at radius 2 is 2.00 bits per heavy atom. The molecule has 1 aliphatic carbocycles. The fourth-order valence-electron chi connectivity index (χ4n) is 3.26. The summed E-state index contributed by atoms with van der Waals surface area (Å²) < 4.78 is 11.5. The van der Waals surface area contributed by atoms with Crippen LogP contribution in [0.4, 0.5) is 0 Å². The van der Waals surface area contributed by atoms with Gasteiger partial charge in [-0.05, 0) is 56.5 Å². The molecule has 140 valence electrons. The lowest BCUT2D eigenvalue weighted by molar-refractivity contribution is -0.123. The molecule has 0 aliphatic heterocycles. The van der Waals surface area contributed by atoms with Crippen molar-refractivity contribution < 1.29 is 18.7 Å². The number of nitrogens with one attached hydrogen (secondary N) is 2. The third-order valence-corrected chi connectivity index (χ3v) is 5.58. The Morgan fingerprint density at radius 3 is 2.81 bits per heavy atom. The first kappa shape index (κ1) is 17.6. The Balaban J connectivity index is 1.34. The highest BCUT2D eigenvalue weighted by atomic mass is 32.1. The molecule has 2 amide bonds. The number of furan rings is 1. The SMILES string of the molecule is Cc1ccc(C(=O)NNC(=O)COc2ccc3oc4c(c3c2)CCCC4)s1. The zero-order chi connectivity index (χ0) is 18.8. The fourth-order valence-corrected chi connectivity index (χ4v) is 4.02. The third-order valence-electron chi connectivity index (χ3n) is 4.58. The largest absolute Gasteiger partial charge is 0.484 e. The summed E-state index contributed by atoms with van der Waals surface area (Å²) in [6.45, 7) is 1.73. The maximum atomic E-state index is 11.9. The van der Waals surface area contributed by atoms with Crippen molar-refractivity contribution in [1.29, 1.82) is 0 Å². The molecule has 7 heteroatoms. The van der Waals surface area contributed by atoms with E-state index in [9.17, 15) is 9.59 Å². The maximum absolute atomic E-state index is 11.9. The van der Waals surface area contributed by atoms with Crippen molar-refractivity contribution in [3.05, 3.63) is 51.4 Å². The van der Waals surface area contributed by atoms with E-state index in [2.05, 4.69) is 10.9 Å². The zero-order valence-electron chi connectivity index (χ0n) is 15.0. The van der Waals surface area contributed by atoms with Crippen molar-refractivity contribution in [1.82, 2.24) is 10.9 Å². The second-order valence-corrected chi connectivity index (χ2v) is 7.86. The molecule has 2 aromatic heterocycles. The lowest BCUT2D eigenvalue weighted by Crippen LogP contribution is -2.43. The highest BCUT2D eigenvalue weighted by Gasteiger charge is 2.18. The van der Waals surface area contributed by atoms with E-state index in [-0.39, 0.29) is 12.5 Å². The van der Waals surface area contributed by atoms with Crippen molar-refractivity contribution in [2.75, 3.05) is 6.61 Å². The van der Waals surface area contributed by atoms with E-state index in [4.69, 9.17) is 9.15 Å². The molecule has 0 bridgehead atoms. The first-order valence-corrected chi connectivity index (χ1v) is 9.74. The standard InChI is InChI=1S/C20H20N2O4S/c1-12-6-9-18(27-12)20(24)22-21-19(23)11-25-13-7-8-17-15(10-13)14-4-2-3-5-16(14)26-17/h6-10H,2-5,11H2,1H3,(H,21,23)(H,22,24). The minimum atomic E-state index is -0.425. The Morgan fingerprint density at radius 1 is 1.15 bits per heavy atom. The smallest absolute Gasteiger partial charge is 0.279 e. The summed E-state index contributed by atoms with van der Waals surface area (Å²) in [5.41, 5.74) is 6.87. The molecule has 27 heavy (non-hydrogen) atoms. The van der Waals surface area contributed by atoms with Gasteiger partial charge in [0.2, 0.25) is 0 Å². The molecule has 0 saturated heterocycles. The van der Waals surface area contributed by atoms with E-state index >= 15 is 0 Å². The summed E-state index contributed by atoms with van der Waals surface area (Å²) in [6, 6.07) is 9.16. The molecule has 0 radical (unpaired) electrons. The Hall–Kier alpha value is -2.80. The van der Waals surface area contributed by atoms with Crippen LogP contribution in [0.2, 0.25) is 0 Å². The van der Waals surface area contributed by atoms with Gasteiger partial charge in [0.1, 0.15) is 17.1 Å². The predicted molar refractivity (Wildman–Crippen MR) is 103 cm³/mol. The number of amides is 2. The van der Waals surface area contributed by atoms with Crippen LogP contribution < -0.4 is 15.6 Å². The molecule has 0 unspecified atom stereocenters. The van der Waals surface area contributed by atoms with Crippen LogP contribution in [-0.4, -0.2) is 18.4 Å². The molecule has 0 fully saturated rings. The molecule has 1 aliphatic rings. The van der Waals surface area contributed by atoms with E-state index < -0.39 is 5.91 Å². The fraction of sp³-hybridized carbons (Fsp3) is 0.300. The van der Waals surface area contributed by atoms with Gasteiger partial charge in [0.25, 0.3) is 11.8 Å². The molecule has 1 aromatic carbocycles. The summed E-state index contributed by atoms with van der Waals surface area (Å²) in [6.07, 6.45) is 4.32. The van der Waals surface area contributed by atoms with Crippen LogP contribution in [0, 0.1) is 6.92 Å². The van der Waals surface area contributed by atoms with Gasteiger partial charge in [-0.2, -0.15) is 0 Å². The van der Waals surface area contributed by atoms with Crippen LogP contribution in [0.5, 0.6) is 5.75 Å². The quantitative estimate of drug-likeness (QED) is 0.675. The molecule has 0 spiro atoms. The van der Waals surface area contributed by atoms with E-state index in [0.29, 0.717) is 10.6 Å².